The van der Waals surface area contributed by atoms with Gasteiger partial charge < -0.3 is 14.4 Å². The highest BCUT2D eigenvalue weighted by atomic mass is 32.2. The number of fused-ring (bicyclic) bond motifs is 3. The van der Waals surface area contributed by atoms with Crippen molar-refractivity contribution in [3.63, 3.8) is 0 Å². The Labute approximate surface area is 260 Å². The highest BCUT2D eigenvalue weighted by Gasteiger charge is 2.25. The van der Waals surface area contributed by atoms with Gasteiger partial charge in [-0.1, -0.05) is 93.3 Å². The molecule has 0 amide bonds. The van der Waals surface area contributed by atoms with E-state index in [9.17, 15) is 15.2 Å². The van der Waals surface area contributed by atoms with Gasteiger partial charge in [-0.15, -0.1) is 10.2 Å². The van der Waals surface area contributed by atoms with Crippen molar-refractivity contribution in [2.24, 2.45) is 0 Å². The number of aliphatic carboxylic acids is 1. The summed E-state index contributed by atoms with van der Waals surface area (Å²) in [6.07, 6.45) is 8.62. The maximum atomic E-state index is 11.5. The zero-order valence-electron chi connectivity index (χ0n) is 24.5. The highest BCUT2D eigenvalue weighted by molar-refractivity contribution is 7.99. The molecular weight excluding hydrogens is 568 g/mol. The normalized spacial score (nSPS) is 12.5. The van der Waals surface area contributed by atoms with Crippen molar-refractivity contribution in [1.29, 1.82) is 5.26 Å². The maximum Gasteiger partial charge on any atom is 0.346 e. The lowest BCUT2D eigenvalue weighted by atomic mass is 10.0. The Morgan fingerprint density at radius 1 is 0.909 bits per heavy atom. The van der Waals surface area contributed by atoms with Gasteiger partial charge in [0.15, 0.2) is 0 Å². The summed E-state index contributed by atoms with van der Waals surface area (Å²) in [6, 6.07) is 28.0. The van der Waals surface area contributed by atoms with Crippen LogP contribution in [0, 0.1) is 11.3 Å². The van der Waals surface area contributed by atoms with Crippen LogP contribution in [0.2, 0.25) is 0 Å². The van der Waals surface area contributed by atoms with Crippen LogP contribution in [0.25, 0.3) is 39.8 Å². The molecule has 0 atom stereocenters. The van der Waals surface area contributed by atoms with E-state index < -0.39 is 5.97 Å². The van der Waals surface area contributed by atoms with Gasteiger partial charge in [-0.25, -0.2) is 4.79 Å². The van der Waals surface area contributed by atoms with Crippen molar-refractivity contribution in [2.75, 3.05) is 11.4 Å². The minimum atomic E-state index is -1.24. The summed E-state index contributed by atoms with van der Waals surface area (Å²) in [5.74, 6) is -0.318. The van der Waals surface area contributed by atoms with Crippen molar-refractivity contribution in [3.8, 4) is 29.0 Å². The van der Waals surface area contributed by atoms with E-state index in [1.165, 1.54) is 31.8 Å². The van der Waals surface area contributed by atoms with Crippen molar-refractivity contribution in [1.82, 2.24) is 10.2 Å². The molecular formula is C36H32N4O3S. The number of rotatable bonds is 11. The number of hydrogen-bond donors (Lipinski definition) is 1. The highest BCUT2D eigenvalue weighted by Crippen LogP contribution is 2.49. The van der Waals surface area contributed by atoms with Gasteiger partial charge >= 0.3 is 5.97 Å². The molecule has 220 valence electrons. The van der Waals surface area contributed by atoms with E-state index in [2.05, 4.69) is 52.4 Å². The fraction of sp³-hybridized carbons (Fsp3) is 0.222. The van der Waals surface area contributed by atoms with Gasteiger partial charge in [0.25, 0.3) is 0 Å². The molecule has 44 heavy (non-hydrogen) atoms. The Morgan fingerprint density at radius 2 is 1.64 bits per heavy atom. The van der Waals surface area contributed by atoms with Crippen LogP contribution in [-0.4, -0.2) is 27.8 Å². The summed E-state index contributed by atoms with van der Waals surface area (Å²) in [5.41, 5.74) is 4.28. The Hall–Kier alpha value is -4.87. The monoisotopic (exact) mass is 600 g/mol. The lowest BCUT2D eigenvalue weighted by Crippen LogP contribution is -2.22. The summed E-state index contributed by atoms with van der Waals surface area (Å²) in [5, 5.41) is 29.6. The van der Waals surface area contributed by atoms with Gasteiger partial charge in [-0.3, -0.25) is 0 Å². The van der Waals surface area contributed by atoms with Crippen LogP contribution in [0.4, 0.5) is 11.4 Å². The number of unbranched alkanes of at least 4 members (excludes halogenated alkanes) is 5. The molecule has 1 N–H and O–H groups in total. The van der Waals surface area contributed by atoms with Gasteiger partial charge in [-0.2, -0.15) is 5.26 Å². The van der Waals surface area contributed by atoms with Crippen LogP contribution < -0.4 is 4.90 Å². The predicted molar refractivity (Wildman–Crippen MR) is 175 cm³/mol. The zero-order valence-corrected chi connectivity index (χ0v) is 25.3. The summed E-state index contributed by atoms with van der Waals surface area (Å²) in [7, 11) is 0. The van der Waals surface area contributed by atoms with Crippen molar-refractivity contribution in [2.45, 2.75) is 55.2 Å². The Morgan fingerprint density at radius 3 is 2.45 bits per heavy atom. The van der Waals surface area contributed by atoms with Gasteiger partial charge in [-0.05, 0) is 65.2 Å². The summed E-state index contributed by atoms with van der Waals surface area (Å²) in [4.78, 5) is 15.8. The lowest BCUT2D eigenvalue weighted by molar-refractivity contribution is -0.132. The maximum absolute atomic E-state index is 11.5. The van der Waals surface area contributed by atoms with E-state index in [1.54, 1.807) is 17.8 Å². The molecule has 1 aromatic heterocycles. The second-order valence-electron chi connectivity index (χ2n) is 10.8. The molecule has 4 aromatic carbocycles. The van der Waals surface area contributed by atoms with Crippen LogP contribution in [0.3, 0.4) is 0 Å². The average Bonchev–Trinajstić information content (AvgIpc) is 3.54. The smallest absolute Gasteiger partial charge is 0.346 e. The second-order valence-corrected chi connectivity index (χ2v) is 11.9. The number of carboxylic acid groups (broad SMARTS) is 1. The first kappa shape index (κ1) is 29.2. The first-order valence-corrected chi connectivity index (χ1v) is 15.8. The largest absolute Gasteiger partial charge is 0.477 e. The number of carboxylic acids is 1. The topological polar surface area (TPSA) is 103 Å². The molecule has 7 nitrogen and oxygen atoms in total. The lowest BCUT2D eigenvalue weighted by Gasteiger charge is -2.33. The summed E-state index contributed by atoms with van der Waals surface area (Å²) in [6.45, 7) is 3.09. The Kier molecular flexibility index (Phi) is 8.76. The fourth-order valence-corrected chi connectivity index (χ4v) is 6.77. The standard InChI is InChI=1S/C36H32N4O3S/c1-2-3-4-5-6-9-19-40-30-17-15-24(20-27(23-37)36(41)42)21-32(30)44-33-22-26(16-18-31(33)40)34-38-39-35(43-34)29-14-10-12-25-11-7-8-13-28(25)29/h7-8,10-18,20-22H,2-6,9,19H2,1H3,(H,41,42). The van der Waals surface area contributed by atoms with Crippen LogP contribution in [0.15, 0.2) is 98.6 Å². The average molecular weight is 601 g/mol. The molecule has 0 bridgehead atoms. The minimum Gasteiger partial charge on any atom is -0.477 e. The van der Waals surface area contributed by atoms with E-state index in [-0.39, 0.29) is 5.57 Å². The quantitative estimate of drug-likeness (QED) is 0.0908. The van der Waals surface area contributed by atoms with Crippen LogP contribution in [-0.2, 0) is 4.79 Å². The van der Waals surface area contributed by atoms with E-state index in [0.29, 0.717) is 17.3 Å². The molecule has 1 aliphatic rings. The fourth-order valence-electron chi connectivity index (χ4n) is 5.59. The molecule has 6 rings (SSSR count). The van der Waals surface area contributed by atoms with Gasteiger partial charge in [0.2, 0.25) is 11.8 Å². The molecule has 0 fully saturated rings. The Balaban J connectivity index is 1.33. The van der Waals surface area contributed by atoms with E-state index in [1.807, 2.05) is 48.5 Å². The molecule has 2 heterocycles. The zero-order chi connectivity index (χ0) is 30.5. The minimum absolute atomic E-state index is 0.296. The number of aromatic nitrogens is 2. The number of benzene rings is 4. The molecule has 0 saturated heterocycles. The SMILES string of the molecule is CCCCCCCCN1c2ccc(C=C(C#N)C(=O)O)cc2Sc2cc(-c3nnc(-c4cccc5ccccc45)o3)ccc21. The molecule has 0 radical (unpaired) electrons. The number of anilines is 2. The van der Waals surface area contributed by atoms with Crippen molar-refractivity contribution < 1.29 is 14.3 Å². The number of nitrogens with zero attached hydrogens (tertiary/aromatic N) is 4. The van der Waals surface area contributed by atoms with Crippen LogP contribution >= 0.6 is 11.8 Å². The summed E-state index contributed by atoms with van der Waals surface area (Å²) < 4.78 is 6.22. The van der Waals surface area contributed by atoms with Crippen LogP contribution in [0.5, 0.6) is 0 Å². The molecule has 0 aliphatic carbocycles. The van der Waals surface area contributed by atoms with Crippen molar-refractivity contribution in [3.05, 3.63) is 90.0 Å². The predicted octanol–water partition coefficient (Wildman–Crippen LogP) is 9.51. The molecule has 1 aliphatic heterocycles. The summed E-state index contributed by atoms with van der Waals surface area (Å²) >= 11 is 1.62. The first-order chi connectivity index (χ1) is 21.6. The van der Waals surface area contributed by atoms with Gasteiger partial charge in [0.1, 0.15) is 11.6 Å². The molecule has 5 aromatic rings. The van der Waals surface area contributed by atoms with Gasteiger partial charge in [0, 0.05) is 27.5 Å². The van der Waals surface area contributed by atoms with E-state index in [4.69, 9.17) is 4.42 Å². The van der Waals surface area contributed by atoms with Crippen LogP contribution in [0.1, 0.15) is 51.0 Å². The molecule has 0 spiro atoms. The third-order valence-electron chi connectivity index (χ3n) is 7.83. The second kappa shape index (κ2) is 13.2. The third kappa shape index (κ3) is 6.10. The third-order valence-corrected chi connectivity index (χ3v) is 8.93. The number of hydrogen-bond acceptors (Lipinski definition) is 7. The number of carbonyl (C=O) groups is 1. The number of nitriles is 1. The van der Waals surface area contributed by atoms with E-state index >= 15 is 0 Å². The van der Waals surface area contributed by atoms with E-state index in [0.717, 1.165) is 62.5 Å². The molecule has 8 heteroatoms. The molecule has 0 unspecified atom stereocenters. The van der Waals surface area contributed by atoms with Gasteiger partial charge in [0.05, 0.1) is 11.4 Å². The first-order valence-electron chi connectivity index (χ1n) is 15.0. The molecule has 0 saturated carbocycles. The Bertz CT molecular complexity index is 1900. The van der Waals surface area contributed by atoms with Crippen molar-refractivity contribution >= 4 is 46.0 Å².